The Morgan fingerprint density at radius 1 is 0.412 bits per heavy atom. The molecule has 0 aliphatic rings. The van der Waals surface area contributed by atoms with Crippen LogP contribution in [0.5, 0.6) is 0 Å². The minimum Gasteiger partial charge on any atom is -0.356 e. The van der Waals surface area contributed by atoms with Gasteiger partial charge in [-0.2, -0.15) is 26.3 Å². The minimum absolute atomic E-state index is 0.326. The van der Waals surface area contributed by atoms with E-state index in [2.05, 4.69) is 10.6 Å². The molecule has 0 saturated heterocycles. The van der Waals surface area contributed by atoms with Crippen molar-refractivity contribution in [2.45, 2.75) is 12.4 Å². The lowest BCUT2D eigenvalue weighted by molar-refractivity contribution is -0.138. The lowest BCUT2D eigenvalue weighted by Gasteiger charge is -2.12. The molecule has 2 N–H and O–H groups in total. The van der Waals surface area contributed by atoms with Crippen LogP contribution in [0, 0.1) is 0 Å². The van der Waals surface area contributed by atoms with E-state index in [-0.39, 0.29) is 0 Å². The van der Waals surface area contributed by atoms with E-state index in [9.17, 15) is 26.3 Å². The van der Waals surface area contributed by atoms with Crippen LogP contribution < -0.4 is 10.6 Å². The molecule has 174 valence electrons. The topological polar surface area (TPSA) is 24.1 Å². The molecule has 0 aliphatic carbocycles. The first-order valence-corrected chi connectivity index (χ1v) is 10.2. The van der Waals surface area contributed by atoms with Crippen LogP contribution in [-0.2, 0) is 12.4 Å². The predicted molar refractivity (Wildman–Crippen MR) is 121 cm³/mol. The van der Waals surface area contributed by atoms with E-state index in [0.717, 1.165) is 35.4 Å². The van der Waals surface area contributed by atoms with Gasteiger partial charge >= 0.3 is 12.4 Å². The SMILES string of the molecule is FC(F)(F)c1cccc(Nc2ccc(-c3ccc(Nc4cccc(C(F)(F)F)c4)cc3)cc2)c1. The fourth-order valence-corrected chi connectivity index (χ4v) is 3.37. The third kappa shape index (κ3) is 5.70. The van der Waals surface area contributed by atoms with Gasteiger partial charge in [-0.25, -0.2) is 0 Å². The zero-order valence-electron chi connectivity index (χ0n) is 17.5. The molecular weight excluding hydrogens is 454 g/mol. The van der Waals surface area contributed by atoms with E-state index < -0.39 is 23.5 Å². The highest BCUT2D eigenvalue weighted by Crippen LogP contribution is 2.33. The second-order valence-electron chi connectivity index (χ2n) is 7.56. The highest BCUT2D eigenvalue weighted by molar-refractivity contribution is 5.71. The van der Waals surface area contributed by atoms with Gasteiger partial charge in [-0.3, -0.25) is 0 Å². The number of halogens is 6. The molecule has 0 aliphatic heterocycles. The summed E-state index contributed by atoms with van der Waals surface area (Å²) < 4.78 is 77.3. The number of hydrogen-bond acceptors (Lipinski definition) is 2. The van der Waals surface area contributed by atoms with Gasteiger partial charge < -0.3 is 10.6 Å². The number of anilines is 4. The summed E-state index contributed by atoms with van der Waals surface area (Å²) in [4.78, 5) is 0. The summed E-state index contributed by atoms with van der Waals surface area (Å²) in [7, 11) is 0. The van der Waals surface area contributed by atoms with Crippen LogP contribution in [0.3, 0.4) is 0 Å². The third-order valence-electron chi connectivity index (χ3n) is 5.06. The molecule has 0 atom stereocenters. The van der Waals surface area contributed by atoms with Crippen LogP contribution >= 0.6 is 0 Å². The highest BCUT2D eigenvalue weighted by Gasteiger charge is 2.31. The molecule has 2 nitrogen and oxygen atoms in total. The maximum atomic E-state index is 12.9. The van der Waals surface area contributed by atoms with E-state index in [1.807, 2.05) is 24.3 Å². The molecule has 0 unspecified atom stereocenters. The fourth-order valence-electron chi connectivity index (χ4n) is 3.37. The summed E-state index contributed by atoms with van der Waals surface area (Å²) >= 11 is 0. The second-order valence-corrected chi connectivity index (χ2v) is 7.56. The first-order valence-electron chi connectivity index (χ1n) is 10.2. The molecule has 0 spiro atoms. The van der Waals surface area contributed by atoms with E-state index in [4.69, 9.17) is 0 Å². The van der Waals surface area contributed by atoms with Crippen molar-refractivity contribution in [1.29, 1.82) is 0 Å². The monoisotopic (exact) mass is 472 g/mol. The largest absolute Gasteiger partial charge is 0.416 e. The van der Waals surface area contributed by atoms with Crippen LogP contribution in [0.15, 0.2) is 97.1 Å². The summed E-state index contributed by atoms with van der Waals surface area (Å²) in [5, 5.41) is 5.91. The normalized spacial score (nSPS) is 11.8. The predicted octanol–water partition coefficient (Wildman–Crippen LogP) is 8.88. The van der Waals surface area contributed by atoms with Gasteiger partial charge in [-0.1, -0.05) is 36.4 Å². The molecule has 4 aromatic carbocycles. The van der Waals surface area contributed by atoms with Gasteiger partial charge in [-0.05, 0) is 71.8 Å². The van der Waals surface area contributed by atoms with E-state index in [0.29, 0.717) is 22.7 Å². The number of alkyl halides is 6. The van der Waals surface area contributed by atoms with Crippen molar-refractivity contribution in [3.05, 3.63) is 108 Å². The Balaban J connectivity index is 1.44. The molecule has 0 amide bonds. The van der Waals surface area contributed by atoms with E-state index in [1.54, 1.807) is 36.4 Å². The first-order chi connectivity index (χ1) is 16.1. The van der Waals surface area contributed by atoms with Crippen molar-refractivity contribution >= 4 is 22.7 Å². The Labute approximate surface area is 191 Å². The van der Waals surface area contributed by atoms with Crippen molar-refractivity contribution in [2.24, 2.45) is 0 Å². The smallest absolute Gasteiger partial charge is 0.356 e. The maximum Gasteiger partial charge on any atom is 0.416 e. The molecule has 4 aromatic rings. The molecule has 0 radical (unpaired) electrons. The van der Waals surface area contributed by atoms with Crippen LogP contribution in [0.1, 0.15) is 11.1 Å². The zero-order chi connectivity index (χ0) is 24.3. The summed E-state index contributed by atoms with van der Waals surface area (Å²) in [6, 6.07) is 24.2. The van der Waals surface area contributed by atoms with E-state index in [1.165, 1.54) is 12.1 Å². The van der Waals surface area contributed by atoms with Gasteiger partial charge in [0.25, 0.3) is 0 Å². The quantitative estimate of drug-likeness (QED) is 0.284. The summed E-state index contributed by atoms with van der Waals surface area (Å²) in [5.74, 6) is 0. The van der Waals surface area contributed by atoms with Crippen molar-refractivity contribution in [3.8, 4) is 11.1 Å². The zero-order valence-corrected chi connectivity index (χ0v) is 17.5. The highest BCUT2D eigenvalue weighted by atomic mass is 19.4. The second kappa shape index (κ2) is 9.13. The summed E-state index contributed by atoms with van der Waals surface area (Å²) in [5.41, 5.74) is 2.21. The lowest BCUT2D eigenvalue weighted by Crippen LogP contribution is -2.05. The molecule has 0 saturated carbocycles. The Hall–Kier alpha value is -3.94. The molecule has 0 aromatic heterocycles. The maximum absolute atomic E-state index is 12.9. The molecule has 4 rings (SSSR count). The molecule has 8 heteroatoms. The number of rotatable bonds is 5. The van der Waals surface area contributed by atoms with Gasteiger partial charge in [0.1, 0.15) is 0 Å². The number of benzene rings is 4. The van der Waals surface area contributed by atoms with Crippen molar-refractivity contribution < 1.29 is 26.3 Å². The standard InChI is InChI=1S/C26H18F6N2/c27-25(28,29)19-3-1-5-23(15-19)33-21-11-7-17(8-12-21)18-9-13-22(14-10-18)34-24-6-2-4-20(16-24)26(30,31)32/h1-16,33-34H. The van der Waals surface area contributed by atoms with Crippen molar-refractivity contribution in [1.82, 2.24) is 0 Å². The molecule has 0 heterocycles. The first kappa shape index (κ1) is 23.2. The van der Waals surface area contributed by atoms with Crippen LogP contribution in [-0.4, -0.2) is 0 Å². The average Bonchev–Trinajstić information content (AvgIpc) is 2.79. The van der Waals surface area contributed by atoms with Gasteiger partial charge in [-0.15, -0.1) is 0 Å². The van der Waals surface area contributed by atoms with Crippen molar-refractivity contribution in [3.63, 3.8) is 0 Å². The van der Waals surface area contributed by atoms with Crippen LogP contribution in [0.25, 0.3) is 11.1 Å². The Kier molecular flexibility index (Phi) is 6.24. The van der Waals surface area contributed by atoms with Crippen LogP contribution in [0.2, 0.25) is 0 Å². The molecule has 0 fully saturated rings. The van der Waals surface area contributed by atoms with Crippen molar-refractivity contribution in [2.75, 3.05) is 10.6 Å². The fraction of sp³-hybridized carbons (Fsp3) is 0.0769. The van der Waals surface area contributed by atoms with Gasteiger partial charge in [0, 0.05) is 22.7 Å². The Morgan fingerprint density at radius 3 is 1.09 bits per heavy atom. The third-order valence-corrected chi connectivity index (χ3v) is 5.06. The lowest BCUT2D eigenvalue weighted by atomic mass is 10.0. The van der Waals surface area contributed by atoms with Gasteiger partial charge in [0.2, 0.25) is 0 Å². The summed E-state index contributed by atoms with van der Waals surface area (Å²) in [6.07, 6.45) is -8.83. The van der Waals surface area contributed by atoms with Gasteiger partial charge in [0.05, 0.1) is 11.1 Å². The molecule has 0 bridgehead atoms. The van der Waals surface area contributed by atoms with E-state index >= 15 is 0 Å². The Morgan fingerprint density at radius 2 is 0.765 bits per heavy atom. The average molecular weight is 472 g/mol. The molecule has 34 heavy (non-hydrogen) atoms. The molecular formula is C26H18F6N2. The van der Waals surface area contributed by atoms with Crippen LogP contribution in [0.4, 0.5) is 49.1 Å². The summed E-state index contributed by atoms with van der Waals surface area (Å²) in [6.45, 7) is 0. The van der Waals surface area contributed by atoms with Gasteiger partial charge in [0.15, 0.2) is 0 Å². The number of nitrogens with one attached hydrogen (secondary N) is 2. The number of hydrogen-bond donors (Lipinski definition) is 2. The Bertz CT molecular complexity index is 1160. The minimum atomic E-state index is -4.41.